The Kier molecular flexibility index (Phi) is 3.95. The van der Waals surface area contributed by atoms with E-state index in [0.717, 1.165) is 5.56 Å². The van der Waals surface area contributed by atoms with Gasteiger partial charge in [-0.25, -0.2) is 0 Å². The van der Waals surface area contributed by atoms with Crippen molar-refractivity contribution in [3.05, 3.63) is 22.7 Å². The van der Waals surface area contributed by atoms with E-state index in [1.165, 1.54) is 7.11 Å². The number of amides is 2. The maximum atomic E-state index is 12.0. The first kappa shape index (κ1) is 13.7. The van der Waals surface area contributed by atoms with Crippen LogP contribution in [0.1, 0.15) is 18.4 Å². The zero-order valence-corrected chi connectivity index (χ0v) is 11.5. The third-order valence-corrected chi connectivity index (χ3v) is 3.46. The van der Waals surface area contributed by atoms with Crippen LogP contribution in [-0.4, -0.2) is 25.0 Å². The largest absolute Gasteiger partial charge is 0.495 e. The molecule has 1 aromatic rings. The average Bonchev–Trinajstić information content (AvgIpc) is 2.80. The number of ether oxygens (including phenoxy) is 1. The zero-order valence-electron chi connectivity index (χ0n) is 10.7. The summed E-state index contributed by atoms with van der Waals surface area (Å²) in [6.07, 6.45) is 0.897. The maximum Gasteiger partial charge on any atom is 0.247 e. The molecule has 2 rings (SSSR count). The molecule has 0 aromatic heterocycles. The Morgan fingerprint density at radius 3 is 2.84 bits per heavy atom. The Morgan fingerprint density at radius 1 is 1.53 bits per heavy atom. The second-order valence-electron chi connectivity index (χ2n) is 4.45. The predicted molar refractivity (Wildman–Crippen MR) is 72.5 cm³/mol. The predicted octanol–water partition coefficient (Wildman–Crippen LogP) is 1.87. The summed E-state index contributed by atoms with van der Waals surface area (Å²) in [6, 6.07) is 2.92. The molecule has 1 aliphatic heterocycles. The Balaban J connectivity index is 2.16. The number of halogens is 1. The van der Waals surface area contributed by atoms with Crippen LogP contribution in [0.15, 0.2) is 12.1 Å². The number of hydrogen-bond acceptors (Lipinski definition) is 3. The second kappa shape index (κ2) is 5.48. The molecular formula is C13H15ClN2O3. The van der Waals surface area contributed by atoms with E-state index in [1.807, 2.05) is 6.92 Å². The number of benzene rings is 1. The SMILES string of the molecule is COc1cc(Cl)c(C)cc1NC(=O)[C@@H]1CCC(=O)N1. The lowest BCUT2D eigenvalue weighted by atomic mass is 10.1. The van der Waals surface area contributed by atoms with Gasteiger partial charge in [-0.05, 0) is 25.0 Å². The van der Waals surface area contributed by atoms with Crippen LogP contribution in [0.25, 0.3) is 0 Å². The minimum absolute atomic E-state index is 0.0978. The third kappa shape index (κ3) is 2.98. The summed E-state index contributed by atoms with van der Waals surface area (Å²) in [4.78, 5) is 23.1. The molecule has 0 radical (unpaired) electrons. The highest BCUT2D eigenvalue weighted by atomic mass is 35.5. The molecular weight excluding hydrogens is 268 g/mol. The summed E-state index contributed by atoms with van der Waals surface area (Å²) >= 11 is 6.00. The first-order chi connectivity index (χ1) is 9.01. The van der Waals surface area contributed by atoms with Crippen molar-refractivity contribution < 1.29 is 14.3 Å². The molecule has 0 saturated carbocycles. The van der Waals surface area contributed by atoms with Crippen molar-refractivity contribution in [3.63, 3.8) is 0 Å². The number of rotatable bonds is 3. The van der Waals surface area contributed by atoms with E-state index < -0.39 is 6.04 Å². The van der Waals surface area contributed by atoms with Crippen molar-refractivity contribution >= 4 is 29.1 Å². The van der Waals surface area contributed by atoms with Crippen LogP contribution in [0.4, 0.5) is 5.69 Å². The first-order valence-corrected chi connectivity index (χ1v) is 6.33. The van der Waals surface area contributed by atoms with E-state index in [0.29, 0.717) is 29.3 Å². The van der Waals surface area contributed by atoms with Gasteiger partial charge in [0.25, 0.3) is 0 Å². The van der Waals surface area contributed by atoms with E-state index in [1.54, 1.807) is 12.1 Å². The summed E-state index contributed by atoms with van der Waals surface area (Å²) < 4.78 is 5.18. The van der Waals surface area contributed by atoms with Gasteiger partial charge in [-0.2, -0.15) is 0 Å². The molecule has 0 bridgehead atoms. The fraction of sp³-hybridized carbons (Fsp3) is 0.385. The molecule has 19 heavy (non-hydrogen) atoms. The van der Waals surface area contributed by atoms with Crippen LogP contribution >= 0.6 is 11.6 Å². The van der Waals surface area contributed by atoms with Crippen LogP contribution in [0.5, 0.6) is 5.75 Å². The lowest BCUT2D eigenvalue weighted by Gasteiger charge is -2.15. The molecule has 0 spiro atoms. The zero-order chi connectivity index (χ0) is 14.0. The van der Waals surface area contributed by atoms with Gasteiger partial charge in [0.15, 0.2) is 0 Å². The Labute approximate surface area is 116 Å². The van der Waals surface area contributed by atoms with Gasteiger partial charge >= 0.3 is 0 Å². The Bertz CT molecular complexity index is 531. The smallest absolute Gasteiger partial charge is 0.247 e. The van der Waals surface area contributed by atoms with E-state index in [4.69, 9.17) is 16.3 Å². The summed E-state index contributed by atoms with van der Waals surface area (Å²) in [5.41, 5.74) is 1.39. The van der Waals surface area contributed by atoms with Gasteiger partial charge in [-0.1, -0.05) is 11.6 Å². The minimum Gasteiger partial charge on any atom is -0.495 e. The van der Waals surface area contributed by atoms with Gasteiger partial charge in [0.1, 0.15) is 11.8 Å². The summed E-state index contributed by atoms with van der Waals surface area (Å²) in [7, 11) is 1.51. The molecule has 0 unspecified atom stereocenters. The van der Waals surface area contributed by atoms with Gasteiger partial charge in [0.05, 0.1) is 12.8 Å². The molecule has 2 N–H and O–H groups in total. The number of carbonyl (C=O) groups is 2. The van der Waals surface area contributed by atoms with Crippen molar-refractivity contribution in [3.8, 4) is 5.75 Å². The van der Waals surface area contributed by atoms with Crippen molar-refractivity contribution in [1.82, 2.24) is 5.32 Å². The van der Waals surface area contributed by atoms with Crippen molar-refractivity contribution in [2.24, 2.45) is 0 Å². The molecule has 1 fully saturated rings. The topological polar surface area (TPSA) is 67.4 Å². The fourth-order valence-electron chi connectivity index (χ4n) is 1.96. The third-order valence-electron chi connectivity index (χ3n) is 3.05. The molecule has 1 aliphatic rings. The standard InChI is InChI=1S/C13H15ClN2O3/c1-7-5-10(11(19-2)6-8(7)14)16-13(18)9-3-4-12(17)15-9/h5-6,9H,3-4H2,1-2H3,(H,15,17)(H,16,18)/t9-/m0/s1. The normalized spacial score (nSPS) is 18.1. The lowest BCUT2D eigenvalue weighted by Crippen LogP contribution is -2.37. The molecule has 102 valence electrons. The van der Waals surface area contributed by atoms with Crippen LogP contribution < -0.4 is 15.4 Å². The molecule has 2 amide bonds. The first-order valence-electron chi connectivity index (χ1n) is 5.95. The Morgan fingerprint density at radius 2 is 2.26 bits per heavy atom. The quantitative estimate of drug-likeness (QED) is 0.889. The summed E-state index contributed by atoms with van der Waals surface area (Å²) in [5.74, 6) is 0.151. The van der Waals surface area contributed by atoms with Crippen molar-refractivity contribution in [2.75, 3.05) is 12.4 Å². The van der Waals surface area contributed by atoms with Crippen LogP contribution in [0.3, 0.4) is 0 Å². The number of methoxy groups -OCH3 is 1. The number of hydrogen-bond donors (Lipinski definition) is 2. The molecule has 1 saturated heterocycles. The molecule has 6 heteroatoms. The maximum absolute atomic E-state index is 12.0. The molecule has 0 aliphatic carbocycles. The number of carbonyl (C=O) groups excluding carboxylic acids is 2. The number of nitrogens with one attached hydrogen (secondary N) is 2. The van der Waals surface area contributed by atoms with Crippen LogP contribution in [0.2, 0.25) is 5.02 Å². The highest BCUT2D eigenvalue weighted by Gasteiger charge is 2.27. The molecule has 1 heterocycles. The fourth-order valence-corrected chi connectivity index (χ4v) is 2.11. The molecule has 1 aromatic carbocycles. The highest BCUT2D eigenvalue weighted by Crippen LogP contribution is 2.31. The van der Waals surface area contributed by atoms with Crippen LogP contribution in [0, 0.1) is 6.92 Å². The van der Waals surface area contributed by atoms with E-state index >= 15 is 0 Å². The monoisotopic (exact) mass is 282 g/mol. The van der Waals surface area contributed by atoms with Gasteiger partial charge in [0, 0.05) is 17.5 Å². The van der Waals surface area contributed by atoms with E-state index in [-0.39, 0.29) is 11.8 Å². The van der Waals surface area contributed by atoms with Gasteiger partial charge in [-0.15, -0.1) is 0 Å². The molecule has 5 nitrogen and oxygen atoms in total. The number of anilines is 1. The summed E-state index contributed by atoms with van der Waals surface area (Å²) in [6.45, 7) is 1.84. The minimum atomic E-state index is -0.479. The van der Waals surface area contributed by atoms with Gasteiger partial charge in [-0.3, -0.25) is 9.59 Å². The average molecular weight is 283 g/mol. The lowest BCUT2D eigenvalue weighted by molar-refractivity contribution is -0.122. The van der Waals surface area contributed by atoms with E-state index in [9.17, 15) is 9.59 Å². The Hall–Kier alpha value is -1.75. The van der Waals surface area contributed by atoms with Gasteiger partial charge < -0.3 is 15.4 Å². The second-order valence-corrected chi connectivity index (χ2v) is 4.86. The number of aryl methyl sites for hydroxylation is 1. The van der Waals surface area contributed by atoms with Crippen molar-refractivity contribution in [2.45, 2.75) is 25.8 Å². The highest BCUT2D eigenvalue weighted by molar-refractivity contribution is 6.31. The van der Waals surface area contributed by atoms with E-state index in [2.05, 4.69) is 10.6 Å². The molecule has 1 atom stereocenters. The summed E-state index contributed by atoms with van der Waals surface area (Å²) in [5, 5.41) is 5.95. The van der Waals surface area contributed by atoms with Crippen molar-refractivity contribution in [1.29, 1.82) is 0 Å². The van der Waals surface area contributed by atoms with Crippen LogP contribution in [-0.2, 0) is 9.59 Å². The van der Waals surface area contributed by atoms with Gasteiger partial charge in [0.2, 0.25) is 11.8 Å².